The van der Waals surface area contributed by atoms with Gasteiger partial charge in [-0.25, -0.2) is 0 Å². The van der Waals surface area contributed by atoms with Crippen LogP contribution >= 0.6 is 0 Å². The summed E-state index contributed by atoms with van der Waals surface area (Å²) in [7, 11) is 0. The van der Waals surface area contributed by atoms with Crippen LogP contribution in [0.4, 0.5) is 5.69 Å². The van der Waals surface area contributed by atoms with Gasteiger partial charge in [-0.1, -0.05) is 18.2 Å². The molecular formula is C13H19NO2. The molecule has 0 radical (unpaired) electrons. The lowest BCUT2D eigenvalue weighted by molar-refractivity contribution is -0.0207. The third-order valence-corrected chi connectivity index (χ3v) is 2.91. The Hall–Kier alpha value is -1.06. The van der Waals surface area contributed by atoms with E-state index in [1.807, 2.05) is 24.3 Å². The van der Waals surface area contributed by atoms with Crippen LogP contribution in [0.1, 0.15) is 31.9 Å². The first-order valence-corrected chi connectivity index (χ1v) is 5.73. The molecule has 88 valence electrons. The van der Waals surface area contributed by atoms with Crippen LogP contribution in [0.5, 0.6) is 0 Å². The number of hydrogen-bond donors (Lipinski definition) is 2. The van der Waals surface area contributed by atoms with Gasteiger partial charge in [-0.15, -0.1) is 0 Å². The summed E-state index contributed by atoms with van der Waals surface area (Å²) in [6.07, 6.45) is 0.194. The van der Waals surface area contributed by atoms with E-state index in [1.54, 1.807) is 0 Å². The van der Waals surface area contributed by atoms with Crippen molar-refractivity contribution in [2.24, 2.45) is 0 Å². The van der Waals surface area contributed by atoms with Crippen LogP contribution in [0.15, 0.2) is 24.3 Å². The van der Waals surface area contributed by atoms with E-state index in [0.29, 0.717) is 13.0 Å². The summed E-state index contributed by atoms with van der Waals surface area (Å²) in [5.74, 6) is 0. The number of hydrogen-bond acceptors (Lipinski definition) is 3. The van der Waals surface area contributed by atoms with E-state index in [-0.39, 0.29) is 5.60 Å². The second-order valence-electron chi connectivity index (χ2n) is 4.85. The minimum Gasteiger partial charge on any atom is -0.388 e. The third-order valence-electron chi connectivity index (χ3n) is 2.91. The van der Waals surface area contributed by atoms with Crippen molar-refractivity contribution in [3.63, 3.8) is 0 Å². The fourth-order valence-electron chi connectivity index (χ4n) is 1.91. The van der Waals surface area contributed by atoms with Gasteiger partial charge in [-0.05, 0) is 19.9 Å². The molecule has 1 atom stereocenters. The molecule has 0 saturated carbocycles. The average molecular weight is 221 g/mol. The fourth-order valence-corrected chi connectivity index (χ4v) is 1.91. The van der Waals surface area contributed by atoms with Gasteiger partial charge in [0.2, 0.25) is 0 Å². The molecule has 2 N–H and O–H groups in total. The minimum absolute atomic E-state index is 0.197. The highest BCUT2D eigenvalue weighted by molar-refractivity contribution is 5.52. The quantitative estimate of drug-likeness (QED) is 0.706. The Balaban J connectivity index is 2.27. The minimum atomic E-state index is -0.447. The molecule has 16 heavy (non-hydrogen) atoms. The van der Waals surface area contributed by atoms with Crippen LogP contribution in [0.2, 0.25) is 0 Å². The number of nitrogens with one attached hydrogen (secondary N) is 1. The van der Waals surface area contributed by atoms with Gasteiger partial charge in [0.1, 0.15) is 0 Å². The number of aliphatic hydroxyl groups is 1. The maximum absolute atomic E-state index is 10.0. The second-order valence-corrected chi connectivity index (χ2v) is 4.85. The second kappa shape index (κ2) is 4.44. The molecule has 2 rings (SSSR count). The van der Waals surface area contributed by atoms with Crippen LogP contribution in [-0.4, -0.2) is 23.9 Å². The zero-order chi connectivity index (χ0) is 11.6. The van der Waals surface area contributed by atoms with Crippen molar-refractivity contribution < 1.29 is 9.84 Å². The first kappa shape index (κ1) is 11.4. The summed E-state index contributed by atoms with van der Waals surface area (Å²) in [5, 5.41) is 13.4. The van der Waals surface area contributed by atoms with Crippen LogP contribution in [0.3, 0.4) is 0 Å². The molecule has 1 aromatic carbocycles. The van der Waals surface area contributed by atoms with E-state index in [1.165, 1.54) is 0 Å². The van der Waals surface area contributed by atoms with Crippen molar-refractivity contribution in [1.29, 1.82) is 0 Å². The molecule has 0 aromatic heterocycles. The molecule has 0 fully saturated rings. The monoisotopic (exact) mass is 221 g/mol. The maximum atomic E-state index is 10.0. The van der Waals surface area contributed by atoms with Crippen LogP contribution < -0.4 is 5.32 Å². The lowest BCUT2D eigenvalue weighted by Gasteiger charge is -2.25. The molecule has 0 bridgehead atoms. The van der Waals surface area contributed by atoms with Gasteiger partial charge in [0, 0.05) is 24.2 Å². The highest BCUT2D eigenvalue weighted by atomic mass is 16.5. The Morgan fingerprint density at radius 1 is 1.38 bits per heavy atom. The summed E-state index contributed by atoms with van der Waals surface area (Å²) in [4.78, 5) is 0. The largest absolute Gasteiger partial charge is 0.388 e. The van der Waals surface area contributed by atoms with E-state index in [2.05, 4.69) is 19.2 Å². The Morgan fingerprint density at radius 3 is 2.94 bits per heavy atom. The molecule has 1 aliphatic heterocycles. The van der Waals surface area contributed by atoms with Gasteiger partial charge in [0.25, 0.3) is 0 Å². The molecule has 1 aromatic rings. The van der Waals surface area contributed by atoms with E-state index in [4.69, 9.17) is 4.74 Å². The number of ether oxygens (including phenoxy) is 1. The molecular weight excluding hydrogens is 202 g/mol. The van der Waals surface area contributed by atoms with Gasteiger partial charge in [0.05, 0.1) is 18.3 Å². The molecule has 0 spiro atoms. The SMILES string of the molecule is CC1(C)CNc2ccccc2C(O)CCO1. The van der Waals surface area contributed by atoms with E-state index in [0.717, 1.165) is 17.8 Å². The smallest absolute Gasteiger partial charge is 0.0831 e. The van der Waals surface area contributed by atoms with E-state index in [9.17, 15) is 5.11 Å². The number of benzene rings is 1. The molecule has 1 aliphatic rings. The summed E-state index contributed by atoms with van der Waals surface area (Å²) >= 11 is 0. The third kappa shape index (κ3) is 2.54. The van der Waals surface area contributed by atoms with Crippen LogP contribution in [0, 0.1) is 0 Å². The molecule has 0 amide bonds. The lowest BCUT2D eigenvalue weighted by Crippen LogP contribution is -2.33. The predicted octanol–water partition coefficient (Wildman–Crippen LogP) is 2.33. The number of rotatable bonds is 0. The molecule has 3 heteroatoms. The first-order chi connectivity index (χ1) is 7.58. The Labute approximate surface area is 96.4 Å². The Kier molecular flexibility index (Phi) is 3.17. The van der Waals surface area contributed by atoms with Gasteiger partial charge in [-0.3, -0.25) is 0 Å². The summed E-state index contributed by atoms with van der Waals surface area (Å²) in [5.41, 5.74) is 1.77. The summed E-state index contributed by atoms with van der Waals surface area (Å²) in [6.45, 7) is 5.45. The van der Waals surface area contributed by atoms with E-state index >= 15 is 0 Å². The zero-order valence-corrected chi connectivity index (χ0v) is 9.86. The normalized spacial score (nSPS) is 24.6. The highest BCUT2D eigenvalue weighted by Crippen LogP contribution is 2.28. The number of fused-ring (bicyclic) bond motifs is 1. The molecule has 1 unspecified atom stereocenters. The molecule has 0 saturated heterocycles. The first-order valence-electron chi connectivity index (χ1n) is 5.73. The molecule has 1 heterocycles. The van der Waals surface area contributed by atoms with Crippen molar-refractivity contribution in [3.8, 4) is 0 Å². The number of para-hydroxylation sites is 1. The summed E-state index contributed by atoms with van der Waals surface area (Å²) < 4.78 is 5.73. The number of aliphatic hydroxyl groups excluding tert-OH is 1. The van der Waals surface area contributed by atoms with Crippen molar-refractivity contribution >= 4 is 5.69 Å². The zero-order valence-electron chi connectivity index (χ0n) is 9.86. The van der Waals surface area contributed by atoms with Gasteiger partial charge in [0.15, 0.2) is 0 Å². The van der Waals surface area contributed by atoms with Gasteiger partial charge < -0.3 is 15.2 Å². The Morgan fingerprint density at radius 2 is 2.12 bits per heavy atom. The average Bonchev–Trinajstić information content (AvgIpc) is 2.30. The molecule has 3 nitrogen and oxygen atoms in total. The maximum Gasteiger partial charge on any atom is 0.0831 e. The molecule has 0 aliphatic carbocycles. The van der Waals surface area contributed by atoms with Crippen LogP contribution in [0.25, 0.3) is 0 Å². The lowest BCUT2D eigenvalue weighted by atomic mass is 10.0. The number of anilines is 1. The topological polar surface area (TPSA) is 41.5 Å². The fraction of sp³-hybridized carbons (Fsp3) is 0.538. The standard InChI is InChI=1S/C13H19NO2/c1-13(2)9-14-11-6-4-3-5-10(11)12(15)7-8-16-13/h3-6,12,14-15H,7-9H2,1-2H3. The van der Waals surface area contributed by atoms with Crippen LogP contribution in [-0.2, 0) is 4.74 Å². The van der Waals surface area contributed by atoms with Crippen molar-refractivity contribution in [2.45, 2.75) is 32.0 Å². The van der Waals surface area contributed by atoms with Crippen molar-refractivity contribution in [2.75, 3.05) is 18.5 Å². The van der Waals surface area contributed by atoms with E-state index < -0.39 is 6.10 Å². The summed E-state index contributed by atoms with van der Waals surface area (Å²) in [6, 6.07) is 7.89. The van der Waals surface area contributed by atoms with Crippen molar-refractivity contribution in [3.05, 3.63) is 29.8 Å². The predicted molar refractivity (Wildman–Crippen MR) is 64.5 cm³/mol. The Bertz CT molecular complexity index is 363. The van der Waals surface area contributed by atoms with Gasteiger partial charge in [-0.2, -0.15) is 0 Å². The van der Waals surface area contributed by atoms with Gasteiger partial charge >= 0.3 is 0 Å². The van der Waals surface area contributed by atoms with Crippen molar-refractivity contribution in [1.82, 2.24) is 0 Å². The highest BCUT2D eigenvalue weighted by Gasteiger charge is 2.22.